The van der Waals surface area contributed by atoms with Crippen LogP contribution in [0, 0.1) is 0 Å². The summed E-state index contributed by atoms with van der Waals surface area (Å²) in [4.78, 5) is 63.4. The molecule has 0 bridgehead atoms. The van der Waals surface area contributed by atoms with Crippen LogP contribution in [0.1, 0.15) is 11.8 Å². The third kappa shape index (κ3) is 9.44. The minimum absolute atomic E-state index is 0.338. The molecule has 8 unspecified atom stereocenters. The number of hydrogen-bond acceptors (Lipinski definition) is 14. The molecule has 20 nitrogen and oxygen atoms in total. The molecule has 1 saturated heterocycles. The first-order valence-electron chi connectivity index (χ1n) is 10.5. The molecule has 0 aliphatic carbocycles. The lowest BCUT2D eigenvalue weighted by atomic mass is 10.1. The lowest BCUT2D eigenvalue weighted by Gasteiger charge is -2.20. The molecule has 0 saturated carbocycles. The standard InChI is InChI=1S/C16H22N2O18P4/c19-12-6-7-18(16(22)17-12)15-14(21)13(20)11(33-15)9-32-38(25,26)35-40(29,30)36-39(27,28)34-37(23,24)31-8-10-4-2-1-3-5-10/h1-7,11,13-15,20-21H,8-9H2,(H,23,24)(H,25,26)(H,27,28)(H,29,30)(H,17,19,22). The predicted molar refractivity (Wildman–Crippen MR) is 127 cm³/mol. The SMILES string of the molecule is O=c1ccn(C2OC(COP(=O)(O)OP(=O)(O)OP(=O)(O)OP(=O)(O)OCc3ccccc3)C(O)C2O)c(=O)[nH]1. The van der Waals surface area contributed by atoms with Gasteiger partial charge >= 0.3 is 37.0 Å². The van der Waals surface area contributed by atoms with Gasteiger partial charge in [-0.1, -0.05) is 30.3 Å². The summed E-state index contributed by atoms with van der Waals surface area (Å²) in [6, 6.07) is 8.54. The Morgan fingerprint density at radius 3 is 1.93 bits per heavy atom. The van der Waals surface area contributed by atoms with Crippen molar-refractivity contribution in [2.45, 2.75) is 31.1 Å². The number of aromatic nitrogens is 2. The predicted octanol–water partition coefficient (Wildman–Crippen LogP) is -0.159. The van der Waals surface area contributed by atoms with Gasteiger partial charge < -0.3 is 34.5 Å². The van der Waals surface area contributed by atoms with Gasteiger partial charge in [0.2, 0.25) is 0 Å². The van der Waals surface area contributed by atoms with E-state index >= 15 is 0 Å². The van der Waals surface area contributed by atoms with Crippen LogP contribution >= 0.6 is 31.3 Å². The van der Waals surface area contributed by atoms with Crippen molar-refractivity contribution in [1.82, 2.24) is 9.55 Å². The van der Waals surface area contributed by atoms with E-state index in [0.29, 0.717) is 10.1 Å². The summed E-state index contributed by atoms with van der Waals surface area (Å²) < 4.78 is 74.1. The zero-order chi connectivity index (χ0) is 29.9. The number of ether oxygens (including phenoxy) is 1. The number of benzene rings is 1. The van der Waals surface area contributed by atoms with Crippen LogP contribution < -0.4 is 11.2 Å². The molecule has 0 radical (unpaired) electrons. The zero-order valence-corrected chi connectivity index (χ0v) is 23.2. The molecule has 224 valence electrons. The van der Waals surface area contributed by atoms with Crippen molar-refractivity contribution in [3.05, 3.63) is 69.0 Å². The highest BCUT2D eigenvalue weighted by atomic mass is 31.3. The molecule has 1 fully saturated rings. The topological polar surface area (TPSA) is 300 Å². The molecule has 40 heavy (non-hydrogen) atoms. The summed E-state index contributed by atoms with van der Waals surface area (Å²) >= 11 is 0. The third-order valence-electron chi connectivity index (χ3n) is 4.72. The van der Waals surface area contributed by atoms with Crippen LogP contribution in [-0.4, -0.2) is 64.3 Å². The normalized spacial score (nSPS) is 27.2. The summed E-state index contributed by atoms with van der Waals surface area (Å²) in [5.74, 6) is 0. The van der Waals surface area contributed by atoms with Gasteiger partial charge in [-0.25, -0.2) is 23.1 Å². The average molecular weight is 654 g/mol. The second-order valence-electron chi connectivity index (χ2n) is 7.74. The van der Waals surface area contributed by atoms with Crippen LogP contribution in [0.25, 0.3) is 0 Å². The van der Waals surface area contributed by atoms with Crippen molar-refractivity contribution in [2.75, 3.05) is 6.61 Å². The number of H-pyrrole nitrogens is 1. The van der Waals surface area contributed by atoms with Crippen molar-refractivity contribution in [2.24, 2.45) is 0 Å². The van der Waals surface area contributed by atoms with E-state index in [4.69, 9.17) is 4.74 Å². The van der Waals surface area contributed by atoms with Crippen molar-refractivity contribution in [3.63, 3.8) is 0 Å². The van der Waals surface area contributed by atoms with Gasteiger partial charge in [0.1, 0.15) is 18.3 Å². The number of aromatic amines is 1. The Morgan fingerprint density at radius 2 is 1.35 bits per heavy atom. The van der Waals surface area contributed by atoms with Gasteiger partial charge in [0.05, 0.1) is 13.2 Å². The summed E-state index contributed by atoms with van der Waals surface area (Å²) in [6.07, 6.45) is -6.01. The van der Waals surface area contributed by atoms with Gasteiger partial charge in [0.25, 0.3) is 5.56 Å². The molecule has 2 heterocycles. The number of phosphoric ester groups is 2. The monoisotopic (exact) mass is 654 g/mol. The maximum absolute atomic E-state index is 12.1. The number of phosphoric acid groups is 4. The summed E-state index contributed by atoms with van der Waals surface area (Å²) in [7, 11) is -23.1. The molecule has 1 aliphatic rings. The van der Waals surface area contributed by atoms with E-state index in [1.807, 2.05) is 4.98 Å². The number of rotatable bonds is 13. The number of aliphatic hydroxyl groups excluding tert-OH is 2. The number of nitrogens with one attached hydrogen (secondary N) is 1. The lowest BCUT2D eigenvalue weighted by Crippen LogP contribution is -2.37. The van der Waals surface area contributed by atoms with E-state index in [2.05, 4.69) is 22.0 Å². The number of nitrogens with zero attached hydrogens (tertiary/aromatic N) is 1. The molecule has 2 aromatic rings. The molecular formula is C16H22N2O18P4. The van der Waals surface area contributed by atoms with Crippen LogP contribution in [0.2, 0.25) is 0 Å². The number of aliphatic hydroxyl groups is 2. The smallest absolute Gasteiger partial charge is 0.387 e. The first kappa shape index (κ1) is 32.8. The van der Waals surface area contributed by atoms with Crippen molar-refractivity contribution in [3.8, 4) is 0 Å². The second-order valence-corrected chi connectivity index (χ2v) is 14.0. The Morgan fingerprint density at radius 1 is 0.800 bits per heavy atom. The van der Waals surface area contributed by atoms with Crippen LogP contribution in [-0.2, 0) is 51.6 Å². The van der Waals surface area contributed by atoms with Gasteiger partial charge in [0.15, 0.2) is 6.23 Å². The fourth-order valence-electron chi connectivity index (χ4n) is 3.09. The molecule has 1 aliphatic heterocycles. The van der Waals surface area contributed by atoms with E-state index in [9.17, 15) is 57.6 Å². The van der Waals surface area contributed by atoms with Crippen molar-refractivity contribution >= 4 is 31.3 Å². The van der Waals surface area contributed by atoms with Crippen LogP contribution in [0.5, 0.6) is 0 Å². The van der Waals surface area contributed by atoms with E-state index in [0.717, 1.165) is 12.3 Å². The van der Waals surface area contributed by atoms with E-state index in [1.54, 1.807) is 18.2 Å². The van der Waals surface area contributed by atoms with Gasteiger partial charge in [-0.2, -0.15) is 12.9 Å². The molecule has 1 aromatic carbocycles. The first-order chi connectivity index (χ1) is 18.4. The Balaban J connectivity index is 1.57. The highest BCUT2D eigenvalue weighted by Gasteiger charge is 2.48. The quantitative estimate of drug-likeness (QED) is 0.138. The van der Waals surface area contributed by atoms with E-state index < -0.39 is 80.3 Å². The Kier molecular flexibility index (Phi) is 10.4. The van der Waals surface area contributed by atoms with Gasteiger partial charge in [-0.15, -0.1) is 0 Å². The molecule has 1 aromatic heterocycles. The molecule has 7 N–H and O–H groups in total. The maximum Gasteiger partial charge on any atom is 0.490 e. The first-order valence-corrected chi connectivity index (χ1v) is 16.5. The number of hydrogen-bond donors (Lipinski definition) is 7. The summed E-state index contributed by atoms with van der Waals surface area (Å²) in [6.45, 7) is -1.73. The minimum Gasteiger partial charge on any atom is -0.387 e. The molecule has 24 heteroatoms. The van der Waals surface area contributed by atoms with Crippen molar-refractivity contribution in [1.29, 1.82) is 0 Å². The van der Waals surface area contributed by atoms with E-state index in [1.165, 1.54) is 12.1 Å². The van der Waals surface area contributed by atoms with Gasteiger partial charge in [-0.05, 0) is 5.56 Å². The van der Waals surface area contributed by atoms with Gasteiger partial charge in [-0.3, -0.25) is 23.4 Å². The van der Waals surface area contributed by atoms with Crippen LogP contribution in [0.15, 0.2) is 52.2 Å². The molecule has 0 spiro atoms. The summed E-state index contributed by atoms with van der Waals surface area (Å²) in [5.41, 5.74) is -1.47. The van der Waals surface area contributed by atoms with E-state index in [-0.39, 0.29) is 0 Å². The second kappa shape index (κ2) is 12.7. The van der Waals surface area contributed by atoms with Crippen LogP contribution in [0.3, 0.4) is 0 Å². The largest absolute Gasteiger partial charge is 0.490 e. The Labute approximate surface area is 222 Å². The highest BCUT2D eigenvalue weighted by molar-refractivity contribution is 7.69. The summed E-state index contributed by atoms with van der Waals surface area (Å²) in [5, 5.41) is 20.2. The minimum atomic E-state index is -6.05. The third-order valence-corrected chi connectivity index (χ3v) is 10.6. The Bertz CT molecular complexity index is 1490. The lowest BCUT2D eigenvalue weighted by molar-refractivity contribution is -0.0542. The Hall–Kier alpha value is -1.66. The highest BCUT2D eigenvalue weighted by Crippen LogP contribution is 2.71. The van der Waals surface area contributed by atoms with Gasteiger partial charge in [0, 0.05) is 12.3 Å². The maximum atomic E-state index is 12.1. The average Bonchev–Trinajstić information content (AvgIpc) is 3.08. The fraction of sp³-hybridized carbons (Fsp3) is 0.375. The van der Waals surface area contributed by atoms with Crippen molar-refractivity contribution < 1.29 is 74.8 Å². The fourth-order valence-corrected chi connectivity index (χ4v) is 8.02. The van der Waals surface area contributed by atoms with Crippen LogP contribution in [0.4, 0.5) is 0 Å². The molecule has 0 amide bonds. The zero-order valence-electron chi connectivity index (χ0n) is 19.6. The molecule has 3 rings (SSSR count). The molecular weight excluding hydrogens is 632 g/mol. The molecule has 8 atom stereocenters.